The lowest BCUT2D eigenvalue weighted by Gasteiger charge is -2.59. The fourth-order valence-corrected chi connectivity index (χ4v) is 6.67. The van der Waals surface area contributed by atoms with Gasteiger partial charge in [-0.3, -0.25) is 19.7 Å². The van der Waals surface area contributed by atoms with Gasteiger partial charge in [0, 0.05) is 17.7 Å². The van der Waals surface area contributed by atoms with Gasteiger partial charge >= 0.3 is 6.18 Å². The highest BCUT2D eigenvalue weighted by atomic mass is 19.4. The zero-order chi connectivity index (χ0) is 24.5. The molecule has 2 aromatic heterocycles. The Morgan fingerprint density at radius 2 is 1.82 bits per heavy atom. The number of H-pyrrole nitrogens is 1. The van der Waals surface area contributed by atoms with Gasteiger partial charge in [0.15, 0.2) is 0 Å². The van der Waals surface area contributed by atoms with Gasteiger partial charge < -0.3 is 11.1 Å². The van der Waals surface area contributed by atoms with Crippen molar-refractivity contribution in [3.63, 3.8) is 0 Å². The van der Waals surface area contributed by atoms with E-state index in [4.69, 9.17) is 5.73 Å². The molecule has 2 heterocycles. The van der Waals surface area contributed by atoms with E-state index in [0.29, 0.717) is 17.3 Å². The summed E-state index contributed by atoms with van der Waals surface area (Å²) >= 11 is 0. The van der Waals surface area contributed by atoms with Gasteiger partial charge in [-0.05, 0) is 81.9 Å². The van der Waals surface area contributed by atoms with Crippen LogP contribution in [0.3, 0.4) is 0 Å². The SMILES string of the molecule is CC(C)(C(=O)NC1C2CC3CC1CC(c1cc(C(N)=O)[nH]n1)(C3)C2)c1ccc(C(F)(F)F)cn1. The van der Waals surface area contributed by atoms with Crippen molar-refractivity contribution in [2.24, 2.45) is 23.5 Å². The Bertz CT molecular complexity index is 1110. The highest BCUT2D eigenvalue weighted by Gasteiger charge is 2.57. The standard InChI is InChI=1S/C24H28F3N5O2/c1-22(2,17-4-3-15(11-29-17)24(25,26)27)21(34)30-19-13-5-12-6-14(19)10-23(8-12,9-13)18-7-16(20(28)33)31-32-18/h3-4,7,11-14,19H,5-6,8-10H2,1-2H3,(H2,28,33)(H,30,34)(H,31,32). The maximum Gasteiger partial charge on any atom is 0.417 e. The third-order valence-corrected chi connectivity index (χ3v) is 8.26. The predicted molar refractivity (Wildman–Crippen MR) is 117 cm³/mol. The van der Waals surface area contributed by atoms with E-state index >= 15 is 0 Å². The van der Waals surface area contributed by atoms with Crippen LogP contribution in [0.2, 0.25) is 0 Å². The topological polar surface area (TPSA) is 114 Å². The molecule has 2 atom stereocenters. The number of primary amides is 1. The molecule has 0 spiro atoms. The van der Waals surface area contributed by atoms with Gasteiger partial charge in [0.05, 0.1) is 22.4 Å². The van der Waals surface area contributed by atoms with Gasteiger partial charge in [-0.2, -0.15) is 18.3 Å². The van der Waals surface area contributed by atoms with Crippen molar-refractivity contribution in [2.45, 2.75) is 69.0 Å². The summed E-state index contributed by atoms with van der Waals surface area (Å²) in [5.74, 6) is 0.333. The molecule has 4 fully saturated rings. The number of carbonyl (C=O) groups excluding carboxylic acids is 2. The average Bonchev–Trinajstić information content (AvgIpc) is 3.27. The van der Waals surface area contributed by atoms with E-state index in [0.717, 1.165) is 50.1 Å². The molecule has 34 heavy (non-hydrogen) atoms. The van der Waals surface area contributed by atoms with E-state index in [1.54, 1.807) is 19.9 Å². The number of alkyl halides is 3. The van der Waals surface area contributed by atoms with Crippen LogP contribution < -0.4 is 11.1 Å². The van der Waals surface area contributed by atoms with Crippen LogP contribution in [0.1, 0.15) is 73.4 Å². The van der Waals surface area contributed by atoms with E-state index in [1.165, 1.54) is 6.07 Å². The van der Waals surface area contributed by atoms with Crippen LogP contribution in [-0.2, 0) is 21.8 Å². The van der Waals surface area contributed by atoms with E-state index in [1.807, 2.05) is 0 Å². The maximum absolute atomic E-state index is 13.3. The minimum absolute atomic E-state index is 0.000418. The fraction of sp³-hybridized carbons (Fsp3) is 0.583. The Kier molecular flexibility index (Phi) is 5.07. The average molecular weight is 476 g/mol. The first-order valence-electron chi connectivity index (χ1n) is 11.6. The van der Waals surface area contributed by atoms with Gasteiger partial charge in [0.2, 0.25) is 5.91 Å². The summed E-state index contributed by atoms with van der Waals surface area (Å²) in [6, 6.07) is 4.01. The van der Waals surface area contributed by atoms with Crippen molar-refractivity contribution >= 4 is 11.8 Å². The Labute approximate surface area is 195 Å². The van der Waals surface area contributed by atoms with Gasteiger partial charge in [-0.25, -0.2) is 0 Å². The largest absolute Gasteiger partial charge is 0.417 e. The van der Waals surface area contributed by atoms with E-state index in [2.05, 4.69) is 20.5 Å². The molecule has 2 aromatic rings. The maximum atomic E-state index is 13.3. The third kappa shape index (κ3) is 3.67. The molecule has 4 saturated carbocycles. The number of nitrogens with one attached hydrogen (secondary N) is 2. The van der Waals surface area contributed by atoms with Crippen LogP contribution in [0.25, 0.3) is 0 Å². The monoisotopic (exact) mass is 475 g/mol. The zero-order valence-corrected chi connectivity index (χ0v) is 19.1. The molecule has 2 unspecified atom stereocenters. The number of aromatic nitrogens is 3. The fourth-order valence-electron chi connectivity index (χ4n) is 6.67. The molecule has 0 saturated heterocycles. The molecular weight excluding hydrogens is 447 g/mol. The first-order valence-corrected chi connectivity index (χ1v) is 11.6. The predicted octanol–water partition coefficient (Wildman–Crippen LogP) is 3.46. The van der Waals surface area contributed by atoms with Crippen LogP contribution in [0.4, 0.5) is 13.2 Å². The second-order valence-electron chi connectivity index (χ2n) is 10.8. The van der Waals surface area contributed by atoms with Crippen molar-refractivity contribution in [1.82, 2.24) is 20.5 Å². The molecule has 6 rings (SSSR count). The lowest BCUT2D eigenvalue weighted by molar-refractivity contribution is -0.137. The number of carbonyl (C=O) groups is 2. The molecule has 7 nitrogen and oxygen atoms in total. The summed E-state index contributed by atoms with van der Waals surface area (Å²) in [5.41, 5.74) is 4.85. The molecular formula is C24H28F3N5O2. The molecule has 0 radical (unpaired) electrons. The van der Waals surface area contributed by atoms with Gasteiger partial charge in [0.1, 0.15) is 5.69 Å². The molecule has 4 bridgehead atoms. The Morgan fingerprint density at radius 1 is 1.15 bits per heavy atom. The summed E-state index contributed by atoms with van der Waals surface area (Å²) < 4.78 is 38.7. The smallest absolute Gasteiger partial charge is 0.364 e. The molecule has 0 aromatic carbocycles. The molecule has 4 N–H and O–H groups in total. The van der Waals surface area contributed by atoms with E-state index < -0.39 is 23.1 Å². The molecule has 182 valence electrons. The van der Waals surface area contributed by atoms with Crippen LogP contribution in [0, 0.1) is 17.8 Å². The molecule has 4 aliphatic rings. The summed E-state index contributed by atoms with van der Waals surface area (Å²) in [4.78, 5) is 28.8. The molecule has 10 heteroatoms. The quantitative estimate of drug-likeness (QED) is 0.615. The summed E-state index contributed by atoms with van der Waals surface area (Å²) in [6.07, 6.45) is 1.11. The number of rotatable bonds is 5. The van der Waals surface area contributed by atoms with Gasteiger partial charge in [0.25, 0.3) is 5.91 Å². The Balaban J connectivity index is 1.33. The van der Waals surface area contributed by atoms with Crippen molar-refractivity contribution < 1.29 is 22.8 Å². The first-order chi connectivity index (χ1) is 15.9. The lowest BCUT2D eigenvalue weighted by atomic mass is 9.47. The minimum atomic E-state index is -4.47. The minimum Gasteiger partial charge on any atom is -0.364 e. The number of nitrogens with zero attached hydrogens (tertiary/aromatic N) is 2. The summed E-state index contributed by atoms with van der Waals surface area (Å²) in [6.45, 7) is 3.37. The third-order valence-electron chi connectivity index (χ3n) is 8.26. The number of hydrogen-bond donors (Lipinski definition) is 3. The summed E-state index contributed by atoms with van der Waals surface area (Å²) in [7, 11) is 0. The number of halogens is 3. The number of nitrogens with two attached hydrogens (primary N) is 1. The highest BCUT2D eigenvalue weighted by molar-refractivity contribution is 5.90. The molecule has 2 amide bonds. The van der Waals surface area contributed by atoms with Gasteiger partial charge in [-0.1, -0.05) is 0 Å². The van der Waals surface area contributed by atoms with Crippen molar-refractivity contribution in [2.75, 3.05) is 0 Å². The normalized spacial score (nSPS) is 30.4. The lowest BCUT2D eigenvalue weighted by Crippen LogP contribution is -2.62. The van der Waals surface area contributed by atoms with Crippen molar-refractivity contribution in [3.8, 4) is 0 Å². The van der Waals surface area contributed by atoms with E-state index in [-0.39, 0.29) is 29.2 Å². The number of aromatic amines is 1. The van der Waals surface area contributed by atoms with Gasteiger partial charge in [-0.15, -0.1) is 0 Å². The van der Waals surface area contributed by atoms with E-state index in [9.17, 15) is 22.8 Å². The van der Waals surface area contributed by atoms with Crippen LogP contribution in [0.15, 0.2) is 24.4 Å². The molecule has 0 aliphatic heterocycles. The number of hydrogen-bond acceptors (Lipinski definition) is 4. The second-order valence-corrected chi connectivity index (χ2v) is 10.8. The van der Waals surface area contributed by atoms with Crippen LogP contribution >= 0.6 is 0 Å². The first kappa shape index (κ1) is 22.9. The highest BCUT2D eigenvalue weighted by Crippen LogP contribution is 2.60. The molecule has 4 aliphatic carbocycles. The zero-order valence-electron chi connectivity index (χ0n) is 19.1. The van der Waals surface area contributed by atoms with Crippen LogP contribution in [-0.4, -0.2) is 33.0 Å². The van der Waals surface area contributed by atoms with Crippen LogP contribution in [0.5, 0.6) is 0 Å². The van der Waals surface area contributed by atoms with Crippen molar-refractivity contribution in [1.29, 1.82) is 0 Å². The Morgan fingerprint density at radius 3 is 2.35 bits per heavy atom. The number of amides is 2. The second kappa shape index (κ2) is 7.55. The Hall–Kier alpha value is -2.91. The summed E-state index contributed by atoms with van der Waals surface area (Å²) in [5, 5.41) is 10.4. The number of pyridine rings is 1. The van der Waals surface area contributed by atoms with Crippen molar-refractivity contribution in [3.05, 3.63) is 47.0 Å².